The summed E-state index contributed by atoms with van der Waals surface area (Å²) in [5.41, 5.74) is 0. The lowest BCUT2D eigenvalue weighted by Crippen LogP contribution is -2.44. The Morgan fingerprint density at radius 2 is 2.23 bits per heavy atom. The van der Waals surface area contributed by atoms with Gasteiger partial charge in [-0.2, -0.15) is 0 Å². The molecule has 0 aliphatic carbocycles. The predicted octanol–water partition coefficient (Wildman–Crippen LogP) is 3.14. The SMILES string of the molecule is CC(CNC(=O)[C@H]1CCN[C@@H](C)C1)Oc1ccccc1Br.Cl. The van der Waals surface area contributed by atoms with Crippen molar-refractivity contribution < 1.29 is 9.53 Å². The van der Waals surface area contributed by atoms with E-state index in [1.165, 1.54) is 0 Å². The predicted molar refractivity (Wildman–Crippen MR) is 94.7 cm³/mol. The highest BCUT2D eigenvalue weighted by Crippen LogP contribution is 2.24. The first kappa shape index (κ1) is 19.3. The smallest absolute Gasteiger partial charge is 0.223 e. The molecule has 0 radical (unpaired) electrons. The van der Waals surface area contributed by atoms with Gasteiger partial charge in [0, 0.05) is 12.0 Å². The van der Waals surface area contributed by atoms with Crippen LogP contribution in [0.3, 0.4) is 0 Å². The van der Waals surface area contributed by atoms with Crippen LogP contribution in [-0.4, -0.2) is 31.1 Å². The number of ether oxygens (including phenoxy) is 1. The van der Waals surface area contributed by atoms with Crippen molar-refractivity contribution in [1.82, 2.24) is 10.6 Å². The van der Waals surface area contributed by atoms with Gasteiger partial charge in [-0.1, -0.05) is 12.1 Å². The molecular weight excluding hydrogens is 368 g/mol. The van der Waals surface area contributed by atoms with Gasteiger partial charge >= 0.3 is 0 Å². The van der Waals surface area contributed by atoms with E-state index < -0.39 is 0 Å². The molecule has 0 saturated carbocycles. The summed E-state index contributed by atoms with van der Waals surface area (Å²) in [7, 11) is 0. The molecule has 1 heterocycles. The Morgan fingerprint density at radius 3 is 2.91 bits per heavy atom. The van der Waals surface area contributed by atoms with Crippen LogP contribution in [0.4, 0.5) is 0 Å². The Labute approximate surface area is 146 Å². The van der Waals surface area contributed by atoms with Crippen LogP contribution in [0.25, 0.3) is 0 Å². The number of halogens is 2. The van der Waals surface area contributed by atoms with Crippen LogP contribution >= 0.6 is 28.3 Å². The van der Waals surface area contributed by atoms with Gasteiger partial charge in [-0.3, -0.25) is 4.79 Å². The molecule has 1 fully saturated rings. The maximum atomic E-state index is 12.2. The third-order valence-corrected chi connectivity index (χ3v) is 4.38. The highest BCUT2D eigenvalue weighted by Gasteiger charge is 2.24. The first-order valence-corrected chi connectivity index (χ1v) is 8.28. The second kappa shape index (κ2) is 9.38. The van der Waals surface area contributed by atoms with Gasteiger partial charge in [0.15, 0.2) is 0 Å². The molecule has 4 nitrogen and oxygen atoms in total. The molecule has 1 unspecified atom stereocenters. The van der Waals surface area contributed by atoms with Gasteiger partial charge in [0.2, 0.25) is 5.91 Å². The number of carbonyl (C=O) groups is 1. The number of benzene rings is 1. The van der Waals surface area contributed by atoms with Crippen LogP contribution in [0.1, 0.15) is 26.7 Å². The normalized spacial score (nSPS) is 22.3. The topological polar surface area (TPSA) is 50.4 Å². The fourth-order valence-corrected chi connectivity index (χ4v) is 2.94. The number of rotatable bonds is 5. The summed E-state index contributed by atoms with van der Waals surface area (Å²) in [6.07, 6.45) is 1.76. The largest absolute Gasteiger partial charge is 0.488 e. The molecule has 6 heteroatoms. The number of nitrogens with one attached hydrogen (secondary N) is 2. The standard InChI is InChI=1S/C16H23BrN2O2.ClH/c1-11-9-13(7-8-18-11)16(20)19-10-12(2)21-15-6-4-3-5-14(15)17;/h3-6,11-13,18H,7-10H2,1-2H3,(H,19,20);1H/t11-,12?,13-;/m0./s1. The van der Waals surface area contributed by atoms with Crippen LogP contribution in [0.5, 0.6) is 5.75 Å². The lowest BCUT2D eigenvalue weighted by atomic mass is 9.92. The summed E-state index contributed by atoms with van der Waals surface area (Å²) in [6.45, 7) is 5.53. The zero-order chi connectivity index (χ0) is 15.2. The van der Waals surface area contributed by atoms with Gasteiger partial charge < -0.3 is 15.4 Å². The average Bonchev–Trinajstić information content (AvgIpc) is 2.47. The minimum Gasteiger partial charge on any atom is -0.488 e. The van der Waals surface area contributed by atoms with E-state index in [-0.39, 0.29) is 30.3 Å². The summed E-state index contributed by atoms with van der Waals surface area (Å²) in [5, 5.41) is 6.37. The minimum absolute atomic E-state index is 0. The first-order valence-electron chi connectivity index (χ1n) is 7.48. The maximum Gasteiger partial charge on any atom is 0.223 e. The third kappa shape index (κ3) is 5.78. The zero-order valence-electron chi connectivity index (χ0n) is 13.0. The van der Waals surface area contributed by atoms with Gasteiger partial charge in [0.1, 0.15) is 11.9 Å². The van der Waals surface area contributed by atoms with E-state index in [9.17, 15) is 4.79 Å². The lowest BCUT2D eigenvalue weighted by Gasteiger charge is -2.27. The molecule has 0 bridgehead atoms. The van der Waals surface area contributed by atoms with Crippen LogP contribution in [0, 0.1) is 5.92 Å². The molecule has 1 aromatic carbocycles. The molecule has 2 N–H and O–H groups in total. The molecule has 0 spiro atoms. The van der Waals surface area contributed by atoms with Crippen molar-refractivity contribution in [1.29, 1.82) is 0 Å². The Morgan fingerprint density at radius 1 is 1.50 bits per heavy atom. The van der Waals surface area contributed by atoms with E-state index in [0.29, 0.717) is 12.6 Å². The molecule has 124 valence electrons. The number of carbonyl (C=O) groups excluding carboxylic acids is 1. The maximum absolute atomic E-state index is 12.2. The summed E-state index contributed by atoms with van der Waals surface area (Å²) in [4.78, 5) is 12.2. The average molecular weight is 392 g/mol. The summed E-state index contributed by atoms with van der Waals surface area (Å²) in [5.74, 6) is 1.07. The van der Waals surface area contributed by atoms with Gasteiger partial charge in [0.05, 0.1) is 11.0 Å². The van der Waals surface area contributed by atoms with Crippen molar-refractivity contribution in [2.45, 2.75) is 38.8 Å². The number of piperidine rings is 1. The van der Waals surface area contributed by atoms with Crippen LogP contribution in [-0.2, 0) is 4.79 Å². The van der Waals surface area contributed by atoms with E-state index in [0.717, 1.165) is 29.6 Å². The van der Waals surface area contributed by atoms with Crippen LogP contribution in [0.15, 0.2) is 28.7 Å². The fraction of sp³-hybridized carbons (Fsp3) is 0.562. The van der Waals surface area contributed by atoms with Crippen molar-refractivity contribution in [3.05, 3.63) is 28.7 Å². The second-order valence-corrected chi connectivity index (χ2v) is 6.53. The van der Waals surface area contributed by atoms with E-state index in [1.54, 1.807) is 0 Å². The number of para-hydroxylation sites is 1. The Hall–Kier alpha value is -0.780. The molecule has 1 aliphatic heterocycles. The quantitative estimate of drug-likeness (QED) is 0.811. The number of hydrogen-bond acceptors (Lipinski definition) is 3. The molecule has 1 aliphatic rings. The van der Waals surface area contributed by atoms with Crippen molar-refractivity contribution in [3.63, 3.8) is 0 Å². The summed E-state index contributed by atoms with van der Waals surface area (Å²) in [6, 6.07) is 8.15. The Bertz CT molecular complexity index is 487. The molecule has 1 saturated heterocycles. The molecule has 1 aromatic rings. The first-order chi connectivity index (χ1) is 10.1. The number of hydrogen-bond donors (Lipinski definition) is 2. The van der Waals surface area contributed by atoms with Crippen LogP contribution in [0.2, 0.25) is 0 Å². The van der Waals surface area contributed by atoms with Crippen LogP contribution < -0.4 is 15.4 Å². The zero-order valence-corrected chi connectivity index (χ0v) is 15.4. The monoisotopic (exact) mass is 390 g/mol. The van der Waals surface area contributed by atoms with E-state index >= 15 is 0 Å². The lowest BCUT2D eigenvalue weighted by molar-refractivity contribution is -0.126. The van der Waals surface area contributed by atoms with Gasteiger partial charge in [-0.15, -0.1) is 12.4 Å². The minimum atomic E-state index is -0.0632. The van der Waals surface area contributed by atoms with Crippen molar-refractivity contribution in [3.8, 4) is 5.75 Å². The molecular formula is C16H24BrClN2O2. The van der Waals surface area contributed by atoms with Crippen molar-refractivity contribution in [2.75, 3.05) is 13.1 Å². The molecule has 2 rings (SSSR count). The van der Waals surface area contributed by atoms with Crippen molar-refractivity contribution in [2.24, 2.45) is 5.92 Å². The third-order valence-electron chi connectivity index (χ3n) is 3.72. The highest BCUT2D eigenvalue weighted by molar-refractivity contribution is 9.10. The second-order valence-electron chi connectivity index (χ2n) is 5.68. The van der Waals surface area contributed by atoms with E-state index in [1.807, 2.05) is 31.2 Å². The number of amides is 1. The van der Waals surface area contributed by atoms with E-state index in [4.69, 9.17) is 4.74 Å². The van der Waals surface area contributed by atoms with Gasteiger partial charge in [-0.05, 0) is 61.3 Å². The van der Waals surface area contributed by atoms with Gasteiger partial charge in [0.25, 0.3) is 0 Å². The summed E-state index contributed by atoms with van der Waals surface area (Å²) >= 11 is 3.45. The molecule has 0 aromatic heterocycles. The fourth-order valence-electron chi connectivity index (χ4n) is 2.56. The molecule has 3 atom stereocenters. The molecule has 22 heavy (non-hydrogen) atoms. The Balaban J connectivity index is 0.00000242. The molecule has 1 amide bonds. The van der Waals surface area contributed by atoms with Gasteiger partial charge in [-0.25, -0.2) is 0 Å². The Kier molecular flexibility index (Phi) is 8.21. The summed E-state index contributed by atoms with van der Waals surface area (Å²) < 4.78 is 6.76. The van der Waals surface area contributed by atoms with Crippen molar-refractivity contribution >= 4 is 34.2 Å². The van der Waals surface area contributed by atoms with E-state index in [2.05, 4.69) is 33.5 Å². The highest BCUT2D eigenvalue weighted by atomic mass is 79.9.